The van der Waals surface area contributed by atoms with Gasteiger partial charge in [-0.1, -0.05) is 18.7 Å². The Hall–Kier alpha value is -2.30. The van der Waals surface area contributed by atoms with Crippen molar-refractivity contribution >= 4 is 17.6 Å². The van der Waals surface area contributed by atoms with Gasteiger partial charge in [0, 0.05) is 24.1 Å². The topological polar surface area (TPSA) is 78.6 Å². The maximum absolute atomic E-state index is 11.5. The van der Waals surface area contributed by atoms with Crippen LogP contribution in [0.4, 0.5) is 5.69 Å². The monoisotopic (exact) mass is 291 g/mol. The van der Waals surface area contributed by atoms with Crippen LogP contribution in [0.25, 0.3) is 0 Å². The highest BCUT2D eigenvalue weighted by Gasteiger charge is 2.06. The number of esters is 2. The largest absolute Gasteiger partial charge is 0.465 e. The molecule has 0 amide bonds. The molecule has 0 spiro atoms. The fraction of sp³-hybridized carbons (Fsp3) is 0.375. The Morgan fingerprint density at radius 1 is 1.24 bits per heavy atom. The van der Waals surface area contributed by atoms with E-state index >= 15 is 0 Å². The van der Waals surface area contributed by atoms with E-state index in [0.717, 1.165) is 5.56 Å². The smallest absolute Gasteiger partial charge is 0.333 e. The Balaban J connectivity index is 2.11. The number of ether oxygens (including phenoxy) is 2. The van der Waals surface area contributed by atoms with E-state index in [0.29, 0.717) is 30.7 Å². The third-order valence-electron chi connectivity index (χ3n) is 2.71. The summed E-state index contributed by atoms with van der Waals surface area (Å²) in [6.45, 7) is 5.55. The van der Waals surface area contributed by atoms with Gasteiger partial charge in [0.2, 0.25) is 0 Å². The molecule has 0 atom stereocenters. The van der Waals surface area contributed by atoms with Crippen LogP contribution in [0.2, 0.25) is 0 Å². The van der Waals surface area contributed by atoms with Crippen LogP contribution < -0.4 is 5.73 Å². The number of hydrogen-bond acceptors (Lipinski definition) is 5. The fourth-order valence-corrected chi connectivity index (χ4v) is 1.61. The summed E-state index contributed by atoms with van der Waals surface area (Å²) in [6.07, 6.45) is 1.29. The lowest BCUT2D eigenvalue weighted by Gasteiger charge is -2.06. The zero-order chi connectivity index (χ0) is 15.7. The van der Waals surface area contributed by atoms with Crippen molar-refractivity contribution in [3.8, 4) is 0 Å². The van der Waals surface area contributed by atoms with Crippen molar-refractivity contribution in [1.82, 2.24) is 0 Å². The molecule has 1 aromatic rings. The molecule has 2 N–H and O–H groups in total. The molecular weight excluding hydrogens is 270 g/mol. The van der Waals surface area contributed by atoms with E-state index in [9.17, 15) is 9.59 Å². The number of rotatable bonds is 8. The molecule has 0 radical (unpaired) electrons. The molecule has 1 rings (SSSR count). The van der Waals surface area contributed by atoms with E-state index < -0.39 is 5.97 Å². The molecule has 0 aliphatic heterocycles. The molecule has 0 fully saturated rings. The number of nitrogen functional groups attached to an aromatic ring is 1. The number of hydrogen-bond donors (Lipinski definition) is 1. The lowest BCUT2D eigenvalue weighted by molar-refractivity contribution is -0.145. The fourth-order valence-electron chi connectivity index (χ4n) is 1.61. The van der Waals surface area contributed by atoms with E-state index in [4.69, 9.17) is 15.2 Å². The van der Waals surface area contributed by atoms with Gasteiger partial charge in [0.25, 0.3) is 0 Å². The van der Waals surface area contributed by atoms with Gasteiger partial charge in [-0.25, -0.2) is 4.79 Å². The normalized spacial score (nSPS) is 9.95. The van der Waals surface area contributed by atoms with E-state index in [2.05, 4.69) is 6.58 Å². The van der Waals surface area contributed by atoms with Crippen LogP contribution in [0.3, 0.4) is 0 Å². The third kappa shape index (κ3) is 7.15. The zero-order valence-electron chi connectivity index (χ0n) is 12.3. The molecule has 0 unspecified atom stereocenters. The van der Waals surface area contributed by atoms with Gasteiger partial charge in [0.1, 0.15) is 0 Å². The van der Waals surface area contributed by atoms with Gasteiger partial charge >= 0.3 is 11.9 Å². The SMILES string of the molecule is C=C(C)C(=O)OCCCC(=O)OCCc1cccc(N)c1. The summed E-state index contributed by atoms with van der Waals surface area (Å²) in [5.74, 6) is -0.740. The summed E-state index contributed by atoms with van der Waals surface area (Å²) in [5, 5.41) is 0. The number of carbonyl (C=O) groups excluding carboxylic acids is 2. The van der Waals surface area contributed by atoms with Crippen molar-refractivity contribution in [3.05, 3.63) is 42.0 Å². The minimum Gasteiger partial charge on any atom is -0.465 e. The molecule has 0 heterocycles. The molecule has 114 valence electrons. The lowest BCUT2D eigenvalue weighted by Crippen LogP contribution is -2.11. The first-order valence-corrected chi connectivity index (χ1v) is 6.81. The molecule has 21 heavy (non-hydrogen) atoms. The van der Waals surface area contributed by atoms with Crippen molar-refractivity contribution in [2.24, 2.45) is 0 Å². The molecule has 0 saturated heterocycles. The first kappa shape index (κ1) is 16.8. The summed E-state index contributed by atoms with van der Waals surface area (Å²) in [7, 11) is 0. The summed E-state index contributed by atoms with van der Waals surface area (Å²) < 4.78 is 9.98. The second-order valence-corrected chi connectivity index (χ2v) is 4.74. The molecule has 1 aromatic carbocycles. The number of benzene rings is 1. The van der Waals surface area contributed by atoms with Crippen LogP contribution in [0.1, 0.15) is 25.3 Å². The standard InChI is InChI=1S/C16H21NO4/c1-12(2)16(19)21-9-4-7-15(18)20-10-8-13-5-3-6-14(17)11-13/h3,5-6,11H,1,4,7-10,17H2,2H3. The molecule has 0 aromatic heterocycles. The Kier molecular flexibility index (Phi) is 7.01. The van der Waals surface area contributed by atoms with Crippen LogP contribution in [-0.4, -0.2) is 25.2 Å². The predicted molar refractivity (Wildman–Crippen MR) is 80.5 cm³/mol. The molecule has 0 aliphatic rings. The minimum absolute atomic E-state index is 0.190. The minimum atomic E-state index is -0.440. The van der Waals surface area contributed by atoms with Crippen molar-refractivity contribution in [2.75, 3.05) is 18.9 Å². The first-order valence-electron chi connectivity index (χ1n) is 6.81. The molecule has 0 aliphatic carbocycles. The maximum Gasteiger partial charge on any atom is 0.333 e. The zero-order valence-corrected chi connectivity index (χ0v) is 12.3. The Morgan fingerprint density at radius 3 is 2.67 bits per heavy atom. The average molecular weight is 291 g/mol. The quantitative estimate of drug-likeness (QED) is 0.344. The summed E-state index contributed by atoms with van der Waals surface area (Å²) in [6, 6.07) is 7.45. The van der Waals surface area contributed by atoms with Gasteiger partial charge in [-0.15, -0.1) is 0 Å². The highest BCUT2D eigenvalue weighted by molar-refractivity contribution is 5.86. The number of carbonyl (C=O) groups is 2. The highest BCUT2D eigenvalue weighted by Crippen LogP contribution is 2.07. The Bertz CT molecular complexity index is 511. The van der Waals surface area contributed by atoms with Crippen LogP contribution in [0.15, 0.2) is 36.4 Å². The molecule has 0 saturated carbocycles. The van der Waals surface area contributed by atoms with Gasteiger partial charge in [0.15, 0.2) is 0 Å². The second kappa shape index (κ2) is 8.79. The number of anilines is 1. The Morgan fingerprint density at radius 2 is 2.00 bits per heavy atom. The van der Waals surface area contributed by atoms with Gasteiger partial charge in [0.05, 0.1) is 13.2 Å². The van der Waals surface area contributed by atoms with Gasteiger partial charge in [-0.2, -0.15) is 0 Å². The van der Waals surface area contributed by atoms with Gasteiger partial charge in [-0.05, 0) is 31.0 Å². The van der Waals surface area contributed by atoms with Gasteiger partial charge in [-0.3, -0.25) is 4.79 Å². The van der Waals surface area contributed by atoms with Crippen molar-refractivity contribution < 1.29 is 19.1 Å². The van der Waals surface area contributed by atoms with Crippen LogP contribution in [0.5, 0.6) is 0 Å². The molecule has 5 nitrogen and oxygen atoms in total. The molecule has 5 heteroatoms. The summed E-state index contributed by atoms with van der Waals surface area (Å²) in [5.41, 5.74) is 7.73. The van der Waals surface area contributed by atoms with E-state index in [1.807, 2.05) is 24.3 Å². The second-order valence-electron chi connectivity index (χ2n) is 4.74. The van der Waals surface area contributed by atoms with Gasteiger partial charge < -0.3 is 15.2 Å². The number of nitrogens with two attached hydrogens (primary N) is 1. The average Bonchev–Trinajstić information content (AvgIpc) is 2.43. The first-order chi connectivity index (χ1) is 9.99. The van der Waals surface area contributed by atoms with E-state index in [-0.39, 0.29) is 19.0 Å². The maximum atomic E-state index is 11.5. The van der Waals surface area contributed by atoms with Crippen molar-refractivity contribution in [2.45, 2.75) is 26.2 Å². The van der Waals surface area contributed by atoms with Crippen LogP contribution in [0, 0.1) is 0 Å². The van der Waals surface area contributed by atoms with Crippen molar-refractivity contribution in [1.29, 1.82) is 0 Å². The summed E-state index contributed by atoms with van der Waals surface area (Å²) >= 11 is 0. The molecular formula is C16H21NO4. The van der Waals surface area contributed by atoms with Crippen molar-refractivity contribution in [3.63, 3.8) is 0 Å². The third-order valence-corrected chi connectivity index (χ3v) is 2.71. The van der Waals surface area contributed by atoms with E-state index in [1.165, 1.54) is 0 Å². The predicted octanol–water partition coefficient (Wildman–Crippen LogP) is 2.25. The Labute approximate surface area is 124 Å². The molecule has 0 bridgehead atoms. The highest BCUT2D eigenvalue weighted by atomic mass is 16.5. The van der Waals surface area contributed by atoms with Crippen LogP contribution >= 0.6 is 0 Å². The summed E-state index contributed by atoms with van der Waals surface area (Å²) in [4.78, 5) is 22.6. The van der Waals surface area contributed by atoms with E-state index in [1.54, 1.807) is 6.92 Å². The lowest BCUT2D eigenvalue weighted by atomic mass is 10.1. The van der Waals surface area contributed by atoms with Crippen LogP contribution in [-0.2, 0) is 25.5 Å².